The molecule has 0 rings (SSSR count). The van der Waals surface area contributed by atoms with Gasteiger partial charge in [-0.1, -0.05) is 220 Å². The van der Waals surface area contributed by atoms with Crippen molar-refractivity contribution < 1.29 is 4.21 Å². The van der Waals surface area contributed by atoms with E-state index in [1.54, 1.807) is 0 Å². The van der Waals surface area contributed by atoms with Crippen LogP contribution in [0.3, 0.4) is 0 Å². The van der Waals surface area contributed by atoms with Crippen LogP contribution in [-0.2, 0) is 15.9 Å². The van der Waals surface area contributed by atoms with E-state index in [2.05, 4.69) is 0 Å². The van der Waals surface area contributed by atoms with Crippen molar-refractivity contribution in [1.82, 2.24) is 0 Å². The molecule has 0 aromatic heterocycles. The Labute approximate surface area is 297 Å². The van der Waals surface area contributed by atoms with Crippen LogP contribution in [0.5, 0.6) is 0 Å². The lowest BCUT2D eigenvalue weighted by Crippen LogP contribution is -2.72. The minimum absolute atomic E-state index is 0.584. The number of rotatable bonds is 9. The van der Waals surface area contributed by atoms with Crippen molar-refractivity contribution in [1.29, 1.82) is 0 Å². The molecular formula is C10Cl21OS+. The van der Waals surface area contributed by atoms with Crippen LogP contribution in [0.15, 0.2) is 0 Å². The van der Waals surface area contributed by atoms with Crippen molar-refractivity contribution in [2.75, 3.05) is 0 Å². The van der Waals surface area contributed by atoms with E-state index in [1.165, 1.54) is 0 Å². The highest BCUT2D eigenvalue weighted by Gasteiger charge is 2.85. The Morgan fingerprint density at radius 2 is 0.485 bits per heavy atom. The molecule has 0 spiro atoms. The number of alkyl halides is 21. The molecule has 0 bridgehead atoms. The SMILES string of the molecule is O=[S+]C(Cl)(Cl)C(Cl)(Cl)C(Cl)(Cl)C(Cl)(Cl)C(Cl)(Cl)C(Cl)(Cl)C(Cl)(Cl)C(Cl)(Cl)C(Cl)(Cl)C(Cl)(Cl)Cl. The van der Waals surface area contributed by atoms with E-state index in [0.29, 0.717) is 0 Å². The van der Waals surface area contributed by atoms with Gasteiger partial charge in [-0.3, -0.25) is 0 Å². The molecule has 0 radical (unpaired) electrons. The van der Waals surface area contributed by atoms with Crippen LogP contribution in [0.4, 0.5) is 0 Å². The van der Waals surface area contributed by atoms with Crippen molar-refractivity contribution in [3.8, 4) is 0 Å². The first kappa shape index (κ1) is 39.1. The molecule has 0 aromatic rings. The molecule has 0 amide bonds. The van der Waals surface area contributed by atoms with Gasteiger partial charge in [-0.25, -0.2) is 0 Å². The maximum atomic E-state index is 11.3. The summed E-state index contributed by atoms with van der Waals surface area (Å²) in [6, 6.07) is 0. The fourth-order valence-corrected chi connectivity index (χ4v) is 8.48. The molecule has 0 saturated heterocycles. The standard InChI is InChI=1S/C10Cl21OS/c11-1(12,3(15,16)5(19,20)7(23,24)9(27,28)29)2(13,14)4(17,18)6(21,22)8(25,26)10(30,31)33-32/q+1. The van der Waals surface area contributed by atoms with Gasteiger partial charge in [-0.05, 0) is 23.2 Å². The summed E-state index contributed by atoms with van der Waals surface area (Å²) in [4.78, 5) is 0. The van der Waals surface area contributed by atoms with Crippen molar-refractivity contribution in [2.24, 2.45) is 0 Å². The molecule has 23 heteroatoms. The van der Waals surface area contributed by atoms with Gasteiger partial charge in [0.2, 0.25) is 12.5 Å². The van der Waals surface area contributed by atoms with Crippen LogP contribution in [-0.4, -0.2) is 42.1 Å². The average Bonchev–Trinajstić information content (AvgIpc) is 2.59. The Kier molecular flexibility index (Phi) is 13.8. The largest absolute Gasteiger partial charge is 0.504 e. The summed E-state index contributed by atoms with van der Waals surface area (Å²) in [6.07, 6.45) is 0. The molecule has 0 aromatic carbocycles. The summed E-state index contributed by atoms with van der Waals surface area (Å²) in [5, 5.41) is 0. The third kappa shape index (κ3) is 6.12. The summed E-state index contributed by atoms with van der Waals surface area (Å²) >= 11 is 127. The molecule has 0 heterocycles. The molecule has 0 N–H and O–H groups in total. The van der Waals surface area contributed by atoms with Crippen molar-refractivity contribution in [3.05, 3.63) is 0 Å². The van der Waals surface area contributed by atoms with E-state index in [0.717, 1.165) is 0 Å². The van der Waals surface area contributed by atoms with E-state index in [-0.39, 0.29) is 0 Å². The summed E-state index contributed by atoms with van der Waals surface area (Å²) in [7, 11) is 0. The molecule has 198 valence electrons. The van der Waals surface area contributed by atoms with Crippen molar-refractivity contribution in [3.63, 3.8) is 0 Å². The highest BCUT2D eigenvalue weighted by Crippen LogP contribution is 2.74. The quantitative estimate of drug-likeness (QED) is 0.166. The number of halogens is 21. The Bertz CT molecular complexity index is 747. The smallest absolute Gasteiger partial charge is 0.0946 e. The van der Waals surface area contributed by atoms with Gasteiger partial charge < -0.3 is 0 Å². The Morgan fingerprint density at radius 3 is 0.667 bits per heavy atom. The van der Waals surface area contributed by atoms with E-state index in [1.807, 2.05) is 0 Å². The lowest BCUT2D eigenvalue weighted by Gasteiger charge is -2.55. The fourth-order valence-electron chi connectivity index (χ4n) is 1.60. The van der Waals surface area contributed by atoms with Gasteiger partial charge in [0.25, 0.3) is 0 Å². The molecule has 0 fully saturated rings. The van der Waals surface area contributed by atoms with Gasteiger partial charge in [-0.2, -0.15) is 0 Å². The van der Waals surface area contributed by atoms with E-state index >= 15 is 0 Å². The van der Waals surface area contributed by atoms with Crippen LogP contribution >= 0.6 is 244 Å². The molecule has 0 atom stereocenters. The first-order chi connectivity index (χ1) is 13.8. The lowest BCUT2D eigenvalue weighted by atomic mass is 10.0. The van der Waals surface area contributed by atoms with Gasteiger partial charge in [0.05, 0.1) is 0 Å². The van der Waals surface area contributed by atoms with Crippen LogP contribution in [0.25, 0.3) is 0 Å². The summed E-state index contributed by atoms with van der Waals surface area (Å²) in [6.45, 7) is 0. The van der Waals surface area contributed by atoms with Gasteiger partial charge in [-0.15, -0.1) is 0 Å². The number of hydrogen-bond donors (Lipinski definition) is 0. The second-order valence-corrected chi connectivity index (χ2v) is 21.1. The third-order valence-corrected chi connectivity index (χ3v) is 18.9. The molecule has 1 nitrogen and oxygen atoms in total. The normalized spacial score (nSPS) is 16.8. The fraction of sp³-hybridized carbons (Fsp3) is 1.00. The zero-order valence-corrected chi connectivity index (χ0v) is 30.4. The second kappa shape index (κ2) is 11.7. The Hall–Kier alpha value is 6.11. The predicted octanol–water partition coefficient (Wildman–Crippen LogP) is 12.3. The highest BCUT2D eigenvalue weighted by molar-refractivity contribution is 7.71. The van der Waals surface area contributed by atoms with Crippen molar-refractivity contribution in [2.45, 2.75) is 42.1 Å². The van der Waals surface area contributed by atoms with Gasteiger partial charge in [0.1, 0.15) is 0 Å². The molecule has 33 heavy (non-hydrogen) atoms. The van der Waals surface area contributed by atoms with Gasteiger partial charge in [0.15, 0.2) is 26.0 Å². The zero-order valence-electron chi connectivity index (χ0n) is 13.8. The zero-order chi connectivity index (χ0) is 27.7. The first-order valence-electron chi connectivity index (χ1n) is 6.59. The summed E-state index contributed by atoms with van der Waals surface area (Å²) in [5.41, 5.74) is 0. The predicted molar refractivity (Wildman–Crippen MR) is 158 cm³/mol. The van der Waals surface area contributed by atoms with E-state index < -0.39 is 53.8 Å². The average molecular weight is 913 g/mol. The minimum Gasteiger partial charge on any atom is -0.0946 e. The topological polar surface area (TPSA) is 17.1 Å². The lowest BCUT2D eigenvalue weighted by molar-refractivity contribution is 0.438. The summed E-state index contributed by atoms with van der Waals surface area (Å²) < 4.78 is -19.1. The third-order valence-electron chi connectivity index (χ3n) is 3.59. The monoisotopic (exact) mass is 902 g/mol. The highest BCUT2D eigenvalue weighted by atomic mass is 35.6. The van der Waals surface area contributed by atoms with Crippen LogP contribution in [0.2, 0.25) is 0 Å². The van der Waals surface area contributed by atoms with E-state index in [4.69, 9.17) is 244 Å². The van der Waals surface area contributed by atoms with Gasteiger partial charge in [0, 0.05) is 4.21 Å². The molecule has 0 aliphatic rings. The van der Waals surface area contributed by atoms with E-state index in [9.17, 15) is 4.21 Å². The Morgan fingerprint density at radius 1 is 0.303 bits per heavy atom. The maximum Gasteiger partial charge on any atom is 0.504 e. The van der Waals surface area contributed by atoms with Crippen LogP contribution < -0.4 is 0 Å². The van der Waals surface area contributed by atoms with Crippen LogP contribution in [0.1, 0.15) is 0 Å². The molecule has 0 aliphatic carbocycles. The molecular weight excluding hydrogens is 913 g/mol. The molecule has 0 aliphatic heterocycles. The maximum absolute atomic E-state index is 11.3. The second-order valence-electron chi connectivity index (χ2n) is 5.69. The minimum atomic E-state index is -3.25. The van der Waals surface area contributed by atoms with Crippen molar-refractivity contribution >= 4 is 255 Å². The van der Waals surface area contributed by atoms with Crippen LogP contribution in [0, 0.1) is 0 Å². The number of hydrogen-bond acceptors (Lipinski definition) is 1. The summed E-state index contributed by atoms with van der Waals surface area (Å²) in [5.74, 6) is 0. The van der Waals surface area contributed by atoms with Gasteiger partial charge >= 0.3 is 15.3 Å². The Balaban J connectivity index is 7.06. The molecule has 0 unspecified atom stereocenters. The molecule has 0 saturated carbocycles. The first-order valence-corrected chi connectivity index (χ1v) is 15.3.